The molecule has 2 aromatic heterocycles. The average Bonchev–Trinajstić information content (AvgIpc) is 3.38. The topological polar surface area (TPSA) is 75.7 Å². The first-order valence-corrected chi connectivity index (χ1v) is 11.9. The van der Waals surface area contributed by atoms with Crippen LogP contribution in [0.1, 0.15) is 59.8 Å². The quantitative estimate of drug-likeness (QED) is 0.572. The van der Waals surface area contributed by atoms with Gasteiger partial charge < -0.3 is 11.1 Å². The Bertz CT molecular complexity index is 1060. The maximum atomic E-state index is 13.2. The standard InChI is InChI=1S/C26H33N5O/c27-22-12-13-30(16-22)17-23-18-31-24(10-5-11-25(31)29-23)26(32)28-15-21(14-19-6-4-7-19)20-8-2-1-3-9-20/h1-3,5,8-11,18-19,21-22H,4,6-7,12-17,27H2,(H,28,32). The van der Waals surface area contributed by atoms with Crippen LogP contribution >= 0.6 is 0 Å². The van der Waals surface area contributed by atoms with Gasteiger partial charge in [-0.1, -0.05) is 55.7 Å². The molecule has 3 heterocycles. The van der Waals surface area contributed by atoms with E-state index in [1.165, 1.54) is 24.8 Å². The molecular formula is C26H33N5O. The molecule has 2 atom stereocenters. The van der Waals surface area contributed by atoms with Crippen molar-refractivity contribution < 1.29 is 4.79 Å². The van der Waals surface area contributed by atoms with Crippen LogP contribution < -0.4 is 11.1 Å². The minimum absolute atomic E-state index is 0.0442. The van der Waals surface area contributed by atoms with E-state index in [9.17, 15) is 4.79 Å². The molecule has 5 rings (SSSR count). The highest BCUT2D eigenvalue weighted by Crippen LogP contribution is 2.35. The number of nitrogens with two attached hydrogens (primary N) is 1. The fourth-order valence-corrected chi connectivity index (χ4v) is 5.06. The Hall–Kier alpha value is -2.70. The highest BCUT2D eigenvalue weighted by Gasteiger charge is 2.24. The van der Waals surface area contributed by atoms with E-state index in [1.54, 1.807) is 0 Å². The van der Waals surface area contributed by atoms with Crippen molar-refractivity contribution in [2.24, 2.45) is 11.7 Å². The van der Waals surface area contributed by atoms with E-state index in [2.05, 4.69) is 40.5 Å². The zero-order valence-electron chi connectivity index (χ0n) is 18.6. The Balaban J connectivity index is 1.29. The van der Waals surface area contributed by atoms with Crippen molar-refractivity contribution in [1.29, 1.82) is 0 Å². The van der Waals surface area contributed by atoms with Crippen molar-refractivity contribution in [3.05, 3.63) is 71.7 Å². The van der Waals surface area contributed by atoms with E-state index >= 15 is 0 Å². The number of nitrogens with zero attached hydrogens (tertiary/aromatic N) is 3. The van der Waals surface area contributed by atoms with Crippen LogP contribution in [0.4, 0.5) is 0 Å². The van der Waals surface area contributed by atoms with Crippen LogP contribution in [-0.4, -0.2) is 45.9 Å². The van der Waals surface area contributed by atoms with Crippen LogP contribution in [0.5, 0.6) is 0 Å². The van der Waals surface area contributed by atoms with Crippen molar-refractivity contribution in [3.63, 3.8) is 0 Å². The maximum Gasteiger partial charge on any atom is 0.268 e. The SMILES string of the molecule is NC1CCN(Cc2cn3c(C(=O)NCC(CC4CCC4)c4ccccc4)cccc3n2)C1. The molecule has 3 aromatic rings. The smallest absolute Gasteiger partial charge is 0.268 e. The summed E-state index contributed by atoms with van der Waals surface area (Å²) in [5, 5.41) is 3.22. The summed E-state index contributed by atoms with van der Waals surface area (Å²) in [5.74, 6) is 1.09. The lowest BCUT2D eigenvalue weighted by Crippen LogP contribution is -2.31. The van der Waals surface area contributed by atoms with E-state index in [-0.39, 0.29) is 11.9 Å². The summed E-state index contributed by atoms with van der Waals surface area (Å²) >= 11 is 0. The summed E-state index contributed by atoms with van der Waals surface area (Å²) in [4.78, 5) is 20.2. The van der Waals surface area contributed by atoms with Gasteiger partial charge in [-0.15, -0.1) is 0 Å². The van der Waals surface area contributed by atoms with E-state index in [4.69, 9.17) is 10.7 Å². The minimum Gasteiger partial charge on any atom is -0.350 e. The van der Waals surface area contributed by atoms with Gasteiger partial charge in [0.1, 0.15) is 11.3 Å². The van der Waals surface area contributed by atoms with E-state index in [1.807, 2.05) is 28.8 Å². The van der Waals surface area contributed by atoms with Crippen molar-refractivity contribution >= 4 is 11.6 Å². The van der Waals surface area contributed by atoms with Gasteiger partial charge in [0, 0.05) is 44.3 Å². The fraction of sp³-hybridized carbons (Fsp3) is 0.462. The molecule has 1 aliphatic heterocycles. The molecule has 3 N–H and O–H groups in total. The zero-order chi connectivity index (χ0) is 21.9. The van der Waals surface area contributed by atoms with E-state index in [0.717, 1.165) is 49.7 Å². The molecule has 6 nitrogen and oxygen atoms in total. The second kappa shape index (κ2) is 9.43. The first-order valence-electron chi connectivity index (χ1n) is 11.9. The van der Waals surface area contributed by atoms with Crippen molar-refractivity contribution in [1.82, 2.24) is 19.6 Å². The molecule has 0 bridgehead atoms. The minimum atomic E-state index is -0.0442. The molecule has 2 fully saturated rings. The summed E-state index contributed by atoms with van der Waals surface area (Å²) in [5.41, 5.74) is 9.77. The maximum absolute atomic E-state index is 13.2. The molecule has 1 saturated heterocycles. The summed E-state index contributed by atoms with van der Waals surface area (Å²) in [6.07, 6.45) is 8.14. The number of aromatic nitrogens is 2. The Labute approximate surface area is 189 Å². The molecule has 1 aliphatic carbocycles. The molecule has 1 amide bonds. The lowest BCUT2D eigenvalue weighted by Gasteiger charge is -2.30. The molecular weight excluding hydrogens is 398 g/mol. The second-order valence-electron chi connectivity index (χ2n) is 9.51. The molecule has 2 unspecified atom stereocenters. The number of hydrogen-bond donors (Lipinski definition) is 2. The number of likely N-dealkylation sites (tertiary alicyclic amines) is 1. The Morgan fingerprint density at radius 2 is 1.97 bits per heavy atom. The van der Waals surface area contributed by atoms with E-state index in [0.29, 0.717) is 18.2 Å². The normalized spacial score (nSPS) is 20.3. The predicted molar refractivity (Wildman–Crippen MR) is 127 cm³/mol. The summed E-state index contributed by atoms with van der Waals surface area (Å²) in [6, 6.07) is 16.6. The number of fused-ring (bicyclic) bond motifs is 1. The number of carbonyl (C=O) groups excluding carboxylic acids is 1. The van der Waals surface area contributed by atoms with Gasteiger partial charge >= 0.3 is 0 Å². The molecule has 2 aliphatic rings. The van der Waals surface area contributed by atoms with Crippen molar-refractivity contribution in [2.75, 3.05) is 19.6 Å². The van der Waals surface area contributed by atoms with Crippen LogP contribution in [0.2, 0.25) is 0 Å². The third kappa shape index (κ3) is 4.71. The largest absolute Gasteiger partial charge is 0.350 e. The van der Waals surface area contributed by atoms with Gasteiger partial charge in [-0.25, -0.2) is 4.98 Å². The van der Waals surface area contributed by atoms with Gasteiger partial charge in [-0.05, 0) is 36.5 Å². The van der Waals surface area contributed by atoms with Gasteiger partial charge in [0.15, 0.2) is 0 Å². The Morgan fingerprint density at radius 3 is 2.69 bits per heavy atom. The summed E-state index contributed by atoms with van der Waals surface area (Å²) < 4.78 is 1.92. The number of amides is 1. The highest BCUT2D eigenvalue weighted by atomic mass is 16.1. The van der Waals surface area contributed by atoms with E-state index < -0.39 is 0 Å². The molecule has 6 heteroatoms. The van der Waals surface area contributed by atoms with Crippen LogP contribution in [0.15, 0.2) is 54.7 Å². The van der Waals surface area contributed by atoms with Crippen LogP contribution in [-0.2, 0) is 6.54 Å². The first kappa shape index (κ1) is 21.2. The van der Waals surface area contributed by atoms with Crippen molar-refractivity contribution in [3.8, 4) is 0 Å². The van der Waals surface area contributed by atoms with Gasteiger partial charge in [0.05, 0.1) is 5.69 Å². The third-order valence-corrected chi connectivity index (χ3v) is 7.09. The number of rotatable bonds is 8. The van der Waals surface area contributed by atoms with Crippen molar-refractivity contribution in [2.45, 2.75) is 50.6 Å². The lowest BCUT2D eigenvalue weighted by atomic mass is 9.77. The van der Waals surface area contributed by atoms with Gasteiger partial charge in [0.2, 0.25) is 0 Å². The number of pyridine rings is 1. The number of benzene rings is 1. The zero-order valence-corrected chi connectivity index (χ0v) is 18.6. The number of carbonyl (C=O) groups is 1. The predicted octanol–water partition coefficient (Wildman–Crippen LogP) is 3.57. The third-order valence-electron chi connectivity index (χ3n) is 7.09. The van der Waals surface area contributed by atoms with Crippen LogP contribution in [0, 0.1) is 5.92 Å². The molecule has 32 heavy (non-hydrogen) atoms. The lowest BCUT2D eigenvalue weighted by molar-refractivity contribution is 0.0942. The Kier molecular flexibility index (Phi) is 6.23. The second-order valence-corrected chi connectivity index (χ2v) is 9.51. The number of imidazole rings is 1. The molecule has 1 saturated carbocycles. The fourth-order valence-electron chi connectivity index (χ4n) is 5.06. The Morgan fingerprint density at radius 1 is 1.12 bits per heavy atom. The van der Waals surface area contributed by atoms with Gasteiger partial charge in [-0.2, -0.15) is 0 Å². The highest BCUT2D eigenvalue weighted by molar-refractivity contribution is 5.93. The molecule has 1 aromatic carbocycles. The summed E-state index contributed by atoms with van der Waals surface area (Å²) in [7, 11) is 0. The number of nitrogens with one attached hydrogen (secondary N) is 1. The van der Waals surface area contributed by atoms with Gasteiger partial charge in [-0.3, -0.25) is 14.1 Å². The van der Waals surface area contributed by atoms with Crippen LogP contribution in [0.3, 0.4) is 0 Å². The summed E-state index contributed by atoms with van der Waals surface area (Å²) in [6.45, 7) is 3.34. The van der Waals surface area contributed by atoms with Crippen LogP contribution in [0.25, 0.3) is 5.65 Å². The van der Waals surface area contributed by atoms with Gasteiger partial charge in [0.25, 0.3) is 5.91 Å². The molecule has 168 valence electrons. The monoisotopic (exact) mass is 431 g/mol. The molecule has 0 radical (unpaired) electrons. The average molecular weight is 432 g/mol. The first-order chi connectivity index (χ1) is 15.7. The molecule has 0 spiro atoms. The number of hydrogen-bond acceptors (Lipinski definition) is 4.